The van der Waals surface area contributed by atoms with Crippen LogP contribution in [0.4, 0.5) is 0 Å². The van der Waals surface area contributed by atoms with E-state index in [1.54, 1.807) is 0 Å². The normalized spacial score (nSPS) is 23.1. The van der Waals surface area contributed by atoms with E-state index in [2.05, 4.69) is 59.3 Å². The van der Waals surface area contributed by atoms with Crippen molar-refractivity contribution >= 4 is 5.96 Å². The van der Waals surface area contributed by atoms with Gasteiger partial charge in [-0.1, -0.05) is 19.8 Å². The summed E-state index contributed by atoms with van der Waals surface area (Å²) in [6.45, 7) is 4.32. The highest BCUT2D eigenvalue weighted by atomic mass is 15.3. The summed E-state index contributed by atoms with van der Waals surface area (Å²) < 4.78 is 2.08. The second-order valence-corrected chi connectivity index (χ2v) is 6.59. The molecule has 1 aliphatic carbocycles. The maximum absolute atomic E-state index is 4.41. The first-order valence-electron chi connectivity index (χ1n) is 8.11. The largest absolute Gasteiger partial charge is 0.357 e. The molecule has 1 aliphatic rings. The molecule has 118 valence electrons. The van der Waals surface area contributed by atoms with Crippen LogP contribution in [0.5, 0.6) is 0 Å². The third-order valence-electron chi connectivity index (χ3n) is 4.58. The van der Waals surface area contributed by atoms with Gasteiger partial charge in [0, 0.05) is 46.6 Å². The average molecular weight is 290 g/mol. The van der Waals surface area contributed by atoms with Crippen molar-refractivity contribution in [1.82, 2.24) is 14.8 Å². The van der Waals surface area contributed by atoms with E-state index in [0.29, 0.717) is 0 Å². The zero-order valence-electron chi connectivity index (χ0n) is 14.0. The van der Waals surface area contributed by atoms with Crippen LogP contribution in [0.1, 0.15) is 38.2 Å². The highest BCUT2D eigenvalue weighted by Gasteiger charge is 2.20. The van der Waals surface area contributed by atoms with Gasteiger partial charge < -0.3 is 14.8 Å². The number of nitrogens with one attached hydrogen (secondary N) is 1. The first kappa shape index (κ1) is 15.9. The van der Waals surface area contributed by atoms with Gasteiger partial charge in [-0.15, -0.1) is 0 Å². The standard InChI is InChI=1S/C17H30N4/c1-14-5-7-15(8-6-14)13-21(4)17(18-2)19-11-16-9-10-20(3)12-16/h9-10,12,14-15H,5-8,11,13H2,1-4H3,(H,18,19). The Kier molecular flexibility index (Phi) is 5.71. The van der Waals surface area contributed by atoms with E-state index in [1.165, 1.54) is 31.2 Å². The van der Waals surface area contributed by atoms with Crippen LogP contribution in [0.25, 0.3) is 0 Å². The number of rotatable bonds is 4. The number of aliphatic imine (C=N–C) groups is 1. The Hall–Kier alpha value is -1.45. The second-order valence-electron chi connectivity index (χ2n) is 6.59. The molecular weight excluding hydrogens is 260 g/mol. The highest BCUT2D eigenvalue weighted by molar-refractivity contribution is 5.79. The molecule has 0 aromatic carbocycles. The third kappa shape index (κ3) is 4.80. The summed E-state index contributed by atoms with van der Waals surface area (Å²) in [6.07, 6.45) is 9.71. The second kappa shape index (κ2) is 7.53. The molecule has 1 heterocycles. The molecule has 21 heavy (non-hydrogen) atoms. The van der Waals surface area contributed by atoms with Crippen molar-refractivity contribution < 1.29 is 0 Å². The minimum Gasteiger partial charge on any atom is -0.357 e. The summed E-state index contributed by atoms with van der Waals surface area (Å²) in [5, 5.41) is 3.46. The van der Waals surface area contributed by atoms with Crippen LogP contribution >= 0.6 is 0 Å². The molecule has 1 fully saturated rings. The lowest BCUT2D eigenvalue weighted by atomic mass is 9.83. The van der Waals surface area contributed by atoms with Crippen LogP contribution in [0.15, 0.2) is 23.5 Å². The molecular formula is C17H30N4. The lowest BCUT2D eigenvalue weighted by Crippen LogP contribution is -2.41. The van der Waals surface area contributed by atoms with Crippen LogP contribution in [-0.4, -0.2) is 36.1 Å². The molecule has 0 unspecified atom stereocenters. The molecule has 0 atom stereocenters. The minimum absolute atomic E-state index is 0.821. The molecule has 2 rings (SSSR count). The molecule has 0 amide bonds. The van der Waals surface area contributed by atoms with Gasteiger partial charge in [0.05, 0.1) is 0 Å². The molecule has 0 radical (unpaired) electrons. The summed E-state index contributed by atoms with van der Waals surface area (Å²) in [4.78, 5) is 6.70. The molecule has 1 aromatic rings. The molecule has 0 saturated heterocycles. The Labute approximate surface area is 129 Å². The highest BCUT2D eigenvalue weighted by Crippen LogP contribution is 2.28. The molecule has 4 nitrogen and oxygen atoms in total. The van der Waals surface area contributed by atoms with Gasteiger partial charge in [0.15, 0.2) is 5.96 Å². The minimum atomic E-state index is 0.821. The molecule has 1 aromatic heterocycles. The average Bonchev–Trinajstić information content (AvgIpc) is 2.88. The summed E-state index contributed by atoms with van der Waals surface area (Å²) in [6, 6.07) is 2.14. The predicted molar refractivity (Wildman–Crippen MR) is 89.4 cm³/mol. The van der Waals surface area contributed by atoms with Gasteiger partial charge in [-0.25, -0.2) is 0 Å². The Morgan fingerprint density at radius 1 is 1.38 bits per heavy atom. The predicted octanol–water partition coefficient (Wildman–Crippen LogP) is 2.86. The zero-order valence-corrected chi connectivity index (χ0v) is 14.0. The fraction of sp³-hybridized carbons (Fsp3) is 0.706. The quantitative estimate of drug-likeness (QED) is 0.683. The van der Waals surface area contributed by atoms with Crippen molar-refractivity contribution in [2.24, 2.45) is 23.9 Å². The van der Waals surface area contributed by atoms with Crippen molar-refractivity contribution in [3.05, 3.63) is 24.0 Å². The van der Waals surface area contributed by atoms with Gasteiger partial charge >= 0.3 is 0 Å². The van der Waals surface area contributed by atoms with Gasteiger partial charge in [0.25, 0.3) is 0 Å². The number of hydrogen-bond donors (Lipinski definition) is 1. The number of nitrogens with zero attached hydrogens (tertiary/aromatic N) is 3. The maximum Gasteiger partial charge on any atom is 0.193 e. The van der Waals surface area contributed by atoms with Gasteiger partial charge in [-0.05, 0) is 36.3 Å². The summed E-state index contributed by atoms with van der Waals surface area (Å²) in [5.74, 6) is 2.74. The number of hydrogen-bond acceptors (Lipinski definition) is 1. The van der Waals surface area contributed by atoms with E-state index in [1.807, 2.05) is 7.05 Å². The monoisotopic (exact) mass is 290 g/mol. The van der Waals surface area contributed by atoms with E-state index in [-0.39, 0.29) is 0 Å². The van der Waals surface area contributed by atoms with E-state index in [0.717, 1.165) is 30.9 Å². The smallest absolute Gasteiger partial charge is 0.193 e. The van der Waals surface area contributed by atoms with E-state index >= 15 is 0 Å². The Balaban J connectivity index is 1.80. The molecule has 0 spiro atoms. The van der Waals surface area contributed by atoms with E-state index < -0.39 is 0 Å². The van der Waals surface area contributed by atoms with Gasteiger partial charge in [-0.2, -0.15) is 0 Å². The van der Waals surface area contributed by atoms with Gasteiger partial charge in [-0.3, -0.25) is 4.99 Å². The Morgan fingerprint density at radius 2 is 2.10 bits per heavy atom. The topological polar surface area (TPSA) is 32.6 Å². The first-order chi connectivity index (χ1) is 10.1. The molecule has 4 heteroatoms. The van der Waals surface area contributed by atoms with Crippen LogP contribution in [0.3, 0.4) is 0 Å². The van der Waals surface area contributed by atoms with Gasteiger partial charge in [0.1, 0.15) is 0 Å². The van der Waals surface area contributed by atoms with Crippen LogP contribution < -0.4 is 5.32 Å². The third-order valence-corrected chi connectivity index (χ3v) is 4.58. The number of aromatic nitrogens is 1. The van der Waals surface area contributed by atoms with Gasteiger partial charge in [0.2, 0.25) is 0 Å². The van der Waals surface area contributed by atoms with E-state index in [4.69, 9.17) is 0 Å². The lowest BCUT2D eigenvalue weighted by molar-refractivity contribution is 0.250. The zero-order chi connectivity index (χ0) is 15.2. The van der Waals surface area contributed by atoms with Crippen LogP contribution in [0.2, 0.25) is 0 Å². The van der Waals surface area contributed by atoms with Crippen LogP contribution in [0, 0.1) is 11.8 Å². The summed E-state index contributed by atoms with van der Waals surface area (Å²) >= 11 is 0. The maximum atomic E-state index is 4.41. The fourth-order valence-electron chi connectivity index (χ4n) is 3.22. The number of aryl methyl sites for hydroxylation is 1. The molecule has 1 N–H and O–H groups in total. The Bertz CT molecular complexity index is 455. The van der Waals surface area contributed by atoms with Crippen molar-refractivity contribution in [3.63, 3.8) is 0 Å². The SMILES string of the molecule is CN=C(NCc1ccn(C)c1)N(C)CC1CCC(C)CC1. The Morgan fingerprint density at radius 3 is 2.67 bits per heavy atom. The molecule has 0 aliphatic heterocycles. The molecule has 1 saturated carbocycles. The first-order valence-corrected chi connectivity index (χ1v) is 8.11. The number of guanidine groups is 1. The van der Waals surface area contributed by atoms with Crippen molar-refractivity contribution in [2.75, 3.05) is 20.6 Å². The fourth-order valence-corrected chi connectivity index (χ4v) is 3.22. The van der Waals surface area contributed by atoms with Crippen LogP contribution in [-0.2, 0) is 13.6 Å². The van der Waals surface area contributed by atoms with Crippen molar-refractivity contribution in [3.8, 4) is 0 Å². The van der Waals surface area contributed by atoms with E-state index in [9.17, 15) is 0 Å². The summed E-state index contributed by atoms with van der Waals surface area (Å²) in [5.41, 5.74) is 1.29. The summed E-state index contributed by atoms with van der Waals surface area (Å²) in [7, 11) is 6.07. The lowest BCUT2D eigenvalue weighted by Gasteiger charge is -2.31. The van der Waals surface area contributed by atoms with Crippen molar-refractivity contribution in [1.29, 1.82) is 0 Å². The molecule has 0 bridgehead atoms. The van der Waals surface area contributed by atoms with Crippen molar-refractivity contribution in [2.45, 2.75) is 39.2 Å².